The molecule has 1 aromatic heterocycles. The maximum atomic E-state index is 12.9. The molecule has 6 nitrogen and oxygen atoms in total. The Morgan fingerprint density at radius 3 is 3.00 bits per heavy atom. The van der Waals surface area contributed by atoms with Crippen LogP contribution in [0, 0.1) is 0 Å². The van der Waals surface area contributed by atoms with Crippen molar-refractivity contribution in [1.82, 2.24) is 20.0 Å². The van der Waals surface area contributed by atoms with Gasteiger partial charge in [0.15, 0.2) is 0 Å². The second-order valence-corrected chi connectivity index (χ2v) is 6.78. The molecule has 2 unspecified atom stereocenters. The van der Waals surface area contributed by atoms with E-state index in [2.05, 4.69) is 26.3 Å². The molecule has 2 atom stereocenters. The summed E-state index contributed by atoms with van der Waals surface area (Å²) in [6, 6.07) is 7.64. The van der Waals surface area contributed by atoms with Gasteiger partial charge in [0.25, 0.3) is 0 Å². The summed E-state index contributed by atoms with van der Waals surface area (Å²) in [7, 11) is 3.64. The summed E-state index contributed by atoms with van der Waals surface area (Å²) in [5.41, 5.74) is 1.94. The number of ether oxygens (including phenoxy) is 1. The lowest BCUT2D eigenvalue weighted by atomic mass is 10.1. The number of likely N-dealkylation sites (N-methyl/N-ethyl adjacent to an activating group) is 1. The minimum atomic E-state index is -0.389. The van der Waals surface area contributed by atoms with Crippen LogP contribution >= 0.6 is 15.9 Å². The highest BCUT2D eigenvalue weighted by Crippen LogP contribution is 2.26. The minimum Gasteiger partial charge on any atom is -0.370 e. The third-order valence-corrected chi connectivity index (χ3v) is 4.69. The van der Waals surface area contributed by atoms with Crippen molar-refractivity contribution in [2.75, 3.05) is 26.7 Å². The Balaban J connectivity index is 1.74. The number of morpholine rings is 1. The molecule has 0 spiro atoms. The van der Waals surface area contributed by atoms with Crippen LogP contribution in [0.5, 0.6) is 0 Å². The van der Waals surface area contributed by atoms with Crippen molar-refractivity contribution in [3.05, 3.63) is 52.3 Å². The van der Waals surface area contributed by atoms with Gasteiger partial charge in [-0.3, -0.25) is 9.48 Å². The van der Waals surface area contributed by atoms with Crippen LogP contribution in [-0.2, 0) is 16.6 Å². The number of rotatable bonds is 4. The Labute approximate surface area is 149 Å². The fourth-order valence-corrected chi connectivity index (χ4v) is 3.38. The highest BCUT2D eigenvalue weighted by Gasteiger charge is 2.30. The van der Waals surface area contributed by atoms with E-state index in [1.165, 1.54) is 0 Å². The summed E-state index contributed by atoms with van der Waals surface area (Å²) in [5, 5.41) is 7.26. The number of halogens is 1. The topological polar surface area (TPSA) is 59.4 Å². The third kappa shape index (κ3) is 3.68. The fraction of sp³-hybridized carbons (Fsp3) is 0.412. The zero-order valence-corrected chi connectivity index (χ0v) is 15.4. The number of carbonyl (C=O) groups is 1. The zero-order chi connectivity index (χ0) is 17.1. The second kappa shape index (κ2) is 7.46. The van der Waals surface area contributed by atoms with E-state index in [0.29, 0.717) is 19.7 Å². The smallest absolute Gasteiger partial charge is 0.244 e. The van der Waals surface area contributed by atoms with Gasteiger partial charge in [-0.1, -0.05) is 28.1 Å². The Kier molecular flexibility index (Phi) is 5.33. The number of amides is 1. The number of hydrogen-bond acceptors (Lipinski definition) is 4. The predicted octanol–water partition coefficient (Wildman–Crippen LogP) is 2.04. The molecule has 1 fully saturated rings. The molecule has 24 heavy (non-hydrogen) atoms. The molecular formula is C17H21BrN4O2. The van der Waals surface area contributed by atoms with Gasteiger partial charge in [0.1, 0.15) is 12.1 Å². The van der Waals surface area contributed by atoms with E-state index in [1.807, 2.05) is 42.4 Å². The number of nitrogens with one attached hydrogen (secondary N) is 1. The zero-order valence-electron chi connectivity index (χ0n) is 13.8. The second-order valence-electron chi connectivity index (χ2n) is 5.87. The molecule has 1 aliphatic heterocycles. The number of aryl methyl sites for hydroxylation is 1. The normalized spacial score (nSPS) is 19.3. The molecule has 2 aromatic rings. The average molecular weight is 393 g/mol. The molecule has 1 N–H and O–H groups in total. The van der Waals surface area contributed by atoms with E-state index in [-0.39, 0.29) is 18.1 Å². The molecule has 1 amide bonds. The van der Waals surface area contributed by atoms with Crippen LogP contribution in [0.4, 0.5) is 0 Å². The Morgan fingerprint density at radius 1 is 1.50 bits per heavy atom. The van der Waals surface area contributed by atoms with E-state index in [4.69, 9.17) is 4.74 Å². The van der Waals surface area contributed by atoms with Gasteiger partial charge in [0, 0.05) is 29.8 Å². The molecule has 128 valence electrons. The average Bonchev–Trinajstić information content (AvgIpc) is 3.02. The summed E-state index contributed by atoms with van der Waals surface area (Å²) in [5.74, 6) is 0.0498. The van der Waals surface area contributed by atoms with Gasteiger partial charge in [-0.15, -0.1) is 0 Å². The quantitative estimate of drug-likeness (QED) is 0.864. The summed E-state index contributed by atoms with van der Waals surface area (Å²) in [4.78, 5) is 14.8. The Bertz CT molecular complexity index is 718. The summed E-state index contributed by atoms with van der Waals surface area (Å²) >= 11 is 3.48. The fourth-order valence-electron chi connectivity index (χ4n) is 2.96. The van der Waals surface area contributed by atoms with E-state index < -0.39 is 0 Å². The number of carbonyl (C=O) groups excluding carboxylic acids is 1. The van der Waals surface area contributed by atoms with E-state index >= 15 is 0 Å². The van der Waals surface area contributed by atoms with Gasteiger partial charge < -0.3 is 15.0 Å². The number of hydrogen-bond donors (Lipinski definition) is 1. The maximum absolute atomic E-state index is 12.9. The molecule has 1 aliphatic rings. The molecule has 2 heterocycles. The van der Waals surface area contributed by atoms with Crippen LogP contribution in [0.25, 0.3) is 0 Å². The van der Waals surface area contributed by atoms with Crippen molar-refractivity contribution in [3.63, 3.8) is 0 Å². The highest BCUT2D eigenvalue weighted by atomic mass is 79.9. The molecule has 3 rings (SSSR count). The summed E-state index contributed by atoms with van der Waals surface area (Å²) < 4.78 is 8.59. The lowest BCUT2D eigenvalue weighted by Crippen LogP contribution is -2.46. The predicted molar refractivity (Wildman–Crippen MR) is 94.4 cm³/mol. The van der Waals surface area contributed by atoms with Crippen LogP contribution in [0.1, 0.15) is 23.3 Å². The van der Waals surface area contributed by atoms with Crippen LogP contribution < -0.4 is 5.32 Å². The van der Waals surface area contributed by atoms with Gasteiger partial charge in [-0.05, 0) is 24.7 Å². The first-order chi connectivity index (χ1) is 11.6. The molecule has 0 bridgehead atoms. The highest BCUT2D eigenvalue weighted by molar-refractivity contribution is 9.10. The maximum Gasteiger partial charge on any atom is 0.244 e. The van der Waals surface area contributed by atoms with Crippen LogP contribution in [0.2, 0.25) is 0 Å². The van der Waals surface area contributed by atoms with E-state index in [1.54, 1.807) is 17.9 Å². The molecule has 7 heteroatoms. The van der Waals surface area contributed by atoms with Gasteiger partial charge in [-0.2, -0.15) is 5.10 Å². The summed E-state index contributed by atoms with van der Waals surface area (Å²) in [6.07, 6.45) is 3.49. The molecule has 0 radical (unpaired) electrons. The van der Waals surface area contributed by atoms with Gasteiger partial charge in [-0.25, -0.2) is 0 Å². The van der Waals surface area contributed by atoms with Crippen molar-refractivity contribution in [2.24, 2.45) is 7.05 Å². The first-order valence-electron chi connectivity index (χ1n) is 7.90. The molecular weight excluding hydrogens is 372 g/mol. The molecule has 0 aliphatic carbocycles. The van der Waals surface area contributed by atoms with Gasteiger partial charge in [0.2, 0.25) is 5.91 Å². The van der Waals surface area contributed by atoms with Crippen molar-refractivity contribution in [3.8, 4) is 0 Å². The number of aromatic nitrogens is 2. The monoisotopic (exact) mass is 392 g/mol. The first kappa shape index (κ1) is 17.1. The largest absolute Gasteiger partial charge is 0.370 e. The Morgan fingerprint density at radius 2 is 2.33 bits per heavy atom. The lowest BCUT2D eigenvalue weighted by Gasteiger charge is -2.35. The van der Waals surface area contributed by atoms with Gasteiger partial charge >= 0.3 is 0 Å². The van der Waals surface area contributed by atoms with E-state index in [9.17, 15) is 4.79 Å². The summed E-state index contributed by atoms with van der Waals surface area (Å²) in [6.45, 7) is 1.68. The van der Waals surface area contributed by atoms with Crippen molar-refractivity contribution in [2.45, 2.75) is 12.1 Å². The van der Waals surface area contributed by atoms with E-state index in [0.717, 1.165) is 15.6 Å². The molecule has 0 saturated carbocycles. The molecule has 1 aromatic carbocycles. The first-order valence-corrected chi connectivity index (χ1v) is 8.69. The van der Waals surface area contributed by atoms with Crippen LogP contribution in [0.3, 0.4) is 0 Å². The van der Waals surface area contributed by atoms with Gasteiger partial charge in [0.05, 0.1) is 19.3 Å². The molecule has 1 saturated heterocycles. The number of nitrogens with zero attached hydrogens (tertiary/aromatic N) is 3. The van der Waals surface area contributed by atoms with Crippen molar-refractivity contribution >= 4 is 21.8 Å². The SMILES string of the molecule is CNC(C(=O)N1CCOC(c2cccc(Br)c2)C1)c1cnn(C)c1. The lowest BCUT2D eigenvalue weighted by molar-refractivity contribution is -0.141. The van der Waals surface area contributed by atoms with Crippen molar-refractivity contribution < 1.29 is 9.53 Å². The standard InChI is InChI=1S/C17H21BrN4O2/c1-19-16(13-9-20-21(2)10-13)17(23)22-6-7-24-15(11-22)12-4-3-5-14(18)8-12/h3-5,8-10,15-16,19H,6-7,11H2,1-2H3. The third-order valence-electron chi connectivity index (χ3n) is 4.19. The Hall–Kier alpha value is -1.70. The van der Waals surface area contributed by atoms with Crippen molar-refractivity contribution in [1.29, 1.82) is 0 Å². The van der Waals surface area contributed by atoms with Crippen LogP contribution in [0.15, 0.2) is 41.1 Å². The minimum absolute atomic E-state index is 0.0498. The van der Waals surface area contributed by atoms with Crippen LogP contribution in [-0.4, -0.2) is 47.3 Å². The number of benzene rings is 1.